The standard InChI is InChI=1S/C24H25NO4/c1-16-11-20-15-29-23(27)24(20,12-16)13-17-3-7-19(8-4-17)22(26)25-14-18-5-9-21(28-2)10-6-18/h3-10,20H,1,11-15H2,2H3,(H,25,26). The van der Waals surface area contributed by atoms with Crippen molar-refractivity contribution in [3.63, 3.8) is 0 Å². The van der Waals surface area contributed by atoms with Crippen LogP contribution < -0.4 is 10.1 Å². The molecule has 2 aliphatic rings. The van der Waals surface area contributed by atoms with E-state index in [2.05, 4.69) is 11.9 Å². The van der Waals surface area contributed by atoms with Crippen LogP contribution in [-0.2, 0) is 22.5 Å². The third kappa shape index (κ3) is 3.77. The largest absolute Gasteiger partial charge is 0.497 e. The predicted octanol–water partition coefficient (Wildman–Crippen LogP) is 3.68. The number of ether oxygens (including phenoxy) is 2. The van der Waals surface area contributed by atoms with Gasteiger partial charge in [-0.05, 0) is 54.7 Å². The number of carbonyl (C=O) groups excluding carboxylic acids is 2. The van der Waals surface area contributed by atoms with E-state index in [0.29, 0.717) is 31.6 Å². The third-order valence-electron chi connectivity index (χ3n) is 6.05. The van der Waals surface area contributed by atoms with Gasteiger partial charge in [-0.3, -0.25) is 9.59 Å². The molecule has 1 aliphatic carbocycles. The van der Waals surface area contributed by atoms with Gasteiger partial charge in [0.25, 0.3) is 5.91 Å². The Kier molecular flexibility index (Phi) is 5.14. The van der Waals surface area contributed by atoms with Crippen molar-refractivity contribution in [3.8, 4) is 5.75 Å². The number of hydrogen-bond donors (Lipinski definition) is 1. The van der Waals surface area contributed by atoms with Crippen LogP contribution in [0.2, 0.25) is 0 Å². The molecule has 0 bridgehead atoms. The number of fused-ring (bicyclic) bond motifs is 1. The lowest BCUT2D eigenvalue weighted by atomic mass is 9.75. The zero-order chi connectivity index (χ0) is 20.4. The number of allylic oxidation sites excluding steroid dienone is 1. The van der Waals surface area contributed by atoms with Gasteiger partial charge >= 0.3 is 5.97 Å². The quantitative estimate of drug-likeness (QED) is 0.603. The van der Waals surface area contributed by atoms with Gasteiger partial charge in [0.15, 0.2) is 0 Å². The first kappa shape index (κ1) is 19.2. The third-order valence-corrected chi connectivity index (χ3v) is 6.05. The van der Waals surface area contributed by atoms with E-state index < -0.39 is 5.41 Å². The summed E-state index contributed by atoms with van der Waals surface area (Å²) in [7, 11) is 1.62. The van der Waals surface area contributed by atoms with Crippen molar-refractivity contribution in [2.45, 2.75) is 25.8 Å². The smallest absolute Gasteiger partial charge is 0.313 e. The van der Waals surface area contributed by atoms with Gasteiger partial charge in [-0.25, -0.2) is 0 Å². The van der Waals surface area contributed by atoms with Crippen LogP contribution in [-0.4, -0.2) is 25.6 Å². The van der Waals surface area contributed by atoms with Gasteiger partial charge in [-0.2, -0.15) is 0 Å². The zero-order valence-corrected chi connectivity index (χ0v) is 16.6. The molecular weight excluding hydrogens is 366 g/mol. The number of esters is 1. The normalized spacial score (nSPS) is 22.9. The topological polar surface area (TPSA) is 64.6 Å². The Morgan fingerprint density at radius 1 is 1.17 bits per heavy atom. The molecule has 150 valence electrons. The number of rotatable bonds is 6. The highest BCUT2D eigenvalue weighted by atomic mass is 16.5. The number of amides is 1. The summed E-state index contributed by atoms with van der Waals surface area (Å²) in [5.41, 5.74) is 3.29. The van der Waals surface area contributed by atoms with Crippen molar-refractivity contribution in [1.82, 2.24) is 5.32 Å². The van der Waals surface area contributed by atoms with Crippen molar-refractivity contribution in [1.29, 1.82) is 0 Å². The summed E-state index contributed by atoms with van der Waals surface area (Å²) < 4.78 is 10.5. The predicted molar refractivity (Wildman–Crippen MR) is 110 cm³/mol. The molecule has 0 spiro atoms. The number of hydrogen-bond acceptors (Lipinski definition) is 4. The molecule has 2 aromatic carbocycles. The Morgan fingerprint density at radius 2 is 1.86 bits per heavy atom. The molecule has 1 aliphatic heterocycles. The van der Waals surface area contributed by atoms with Crippen molar-refractivity contribution >= 4 is 11.9 Å². The second-order valence-electron chi connectivity index (χ2n) is 7.99. The van der Waals surface area contributed by atoms with E-state index in [1.54, 1.807) is 7.11 Å². The van der Waals surface area contributed by atoms with E-state index in [9.17, 15) is 9.59 Å². The van der Waals surface area contributed by atoms with Gasteiger partial charge in [0.05, 0.1) is 19.1 Å². The number of cyclic esters (lactones) is 1. The Hall–Kier alpha value is -3.08. The molecule has 2 fully saturated rings. The Morgan fingerprint density at radius 3 is 2.55 bits per heavy atom. The highest BCUT2D eigenvalue weighted by Gasteiger charge is 2.55. The molecule has 29 heavy (non-hydrogen) atoms. The number of carbonyl (C=O) groups is 2. The maximum absolute atomic E-state index is 12.5. The van der Waals surface area contributed by atoms with Gasteiger partial charge in [0, 0.05) is 18.0 Å². The minimum absolute atomic E-state index is 0.109. The van der Waals surface area contributed by atoms with Crippen molar-refractivity contribution < 1.29 is 19.1 Å². The molecule has 2 atom stereocenters. The molecule has 1 heterocycles. The molecular formula is C24H25NO4. The summed E-state index contributed by atoms with van der Waals surface area (Å²) in [5, 5.41) is 2.93. The highest BCUT2D eigenvalue weighted by molar-refractivity contribution is 5.94. The zero-order valence-electron chi connectivity index (χ0n) is 16.6. The van der Waals surface area contributed by atoms with Crippen LogP contribution in [0.25, 0.3) is 0 Å². The van der Waals surface area contributed by atoms with Crippen molar-refractivity contribution in [2.24, 2.45) is 11.3 Å². The van der Waals surface area contributed by atoms with Gasteiger partial charge in [-0.1, -0.05) is 36.4 Å². The second-order valence-corrected chi connectivity index (χ2v) is 7.99. The first-order valence-electron chi connectivity index (χ1n) is 9.84. The molecule has 1 saturated carbocycles. The SMILES string of the molecule is C=C1CC2COC(=O)C2(Cc2ccc(C(=O)NCc3ccc(OC)cc3)cc2)C1. The maximum atomic E-state index is 12.5. The van der Waals surface area contributed by atoms with E-state index in [-0.39, 0.29) is 17.8 Å². The lowest BCUT2D eigenvalue weighted by Crippen LogP contribution is -2.31. The van der Waals surface area contributed by atoms with Crippen LogP contribution in [0.4, 0.5) is 0 Å². The van der Waals surface area contributed by atoms with Gasteiger partial charge in [0.1, 0.15) is 5.75 Å². The van der Waals surface area contributed by atoms with E-state index in [1.165, 1.54) is 0 Å². The molecule has 1 amide bonds. The van der Waals surface area contributed by atoms with Crippen LogP contribution >= 0.6 is 0 Å². The fourth-order valence-corrected chi connectivity index (χ4v) is 4.43. The highest BCUT2D eigenvalue weighted by Crippen LogP contribution is 2.52. The average molecular weight is 391 g/mol. The summed E-state index contributed by atoms with van der Waals surface area (Å²) in [6, 6.07) is 15.1. The first-order chi connectivity index (χ1) is 14.0. The molecule has 2 aromatic rings. The van der Waals surface area contributed by atoms with Gasteiger partial charge in [0.2, 0.25) is 0 Å². The molecule has 5 nitrogen and oxygen atoms in total. The maximum Gasteiger partial charge on any atom is 0.313 e. The summed E-state index contributed by atoms with van der Waals surface area (Å²) in [6.07, 6.45) is 2.18. The van der Waals surface area contributed by atoms with Gasteiger partial charge < -0.3 is 14.8 Å². The Labute approximate surface area is 170 Å². The Bertz CT molecular complexity index is 932. The first-order valence-corrected chi connectivity index (χ1v) is 9.84. The van der Waals surface area contributed by atoms with Crippen LogP contribution in [0.1, 0.15) is 34.3 Å². The number of benzene rings is 2. The van der Waals surface area contributed by atoms with Crippen LogP contribution in [0.5, 0.6) is 5.75 Å². The lowest BCUT2D eigenvalue weighted by molar-refractivity contribution is -0.146. The Balaban J connectivity index is 1.39. The van der Waals surface area contributed by atoms with Crippen LogP contribution in [0.15, 0.2) is 60.7 Å². The van der Waals surface area contributed by atoms with Crippen LogP contribution in [0.3, 0.4) is 0 Å². The van der Waals surface area contributed by atoms with E-state index >= 15 is 0 Å². The molecule has 0 radical (unpaired) electrons. The molecule has 2 unspecified atom stereocenters. The minimum Gasteiger partial charge on any atom is -0.497 e. The van der Waals surface area contributed by atoms with E-state index in [0.717, 1.165) is 28.9 Å². The average Bonchev–Trinajstić information content (AvgIpc) is 3.21. The minimum atomic E-state index is -0.477. The summed E-state index contributed by atoms with van der Waals surface area (Å²) in [5.74, 6) is 0.768. The number of nitrogens with one attached hydrogen (secondary N) is 1. The molecule has 1 saturated heterocycles. The fraction of sp³-hybridized carbons (Fsp3) is 0.333. The molecule has 1 N–H and O–H groups in total. The van der Waals surface area contributed by atoms with Crippen LogP contribution in [0, 0.1) is 11.3 Å². The summed E-state index contributed by atoms with van der Waals surface area (Å²) >= 11 is 0. The molecule has 4 rings (SSSR count). The summed E-state index contributed by atoms with van der Waals surface area (Å²) in [6.45, 7) is 5.02. The van der Waals surface area contributed by atoms with E-state index in [1.807, 2.05) is 48.5 Å². The van der Waals surface area contributed by atoms with Crippen molar-refractivity contribution in [3.05, 3.63) is 77.4 Å². The summed E-state index contributed by atoms with van der Waals surface area (Å²) in [4.78, 5) is 24.9. The lowest BCUT2D eigenvalue weighted by Gasteiger charge is -2.24. The van der Waals surface area contributed by atoms with Gasteiger partial charge in [-0.15, -0.1) is 0 Å². The van der Waals surface area contributed by atoms with Crippen molar-refractivity contribution in [2.75, 3.05) is 13.7 Å². The monoisotopic (exact) mass is 391 g/mol. The number of methoxy groups -OCH3 is 1. The fourth-order valence-electron chi connectivity index (χ4n) is 4.43. The molecule has 0 aromatic heterocycles. The van der Waals surface area contributed by atoms with E-state index in [4.69, 9.17) is 9.47 Å². The molecule has 5 heteroatoms. The second kappa shape index (κ2) is 7.74.